The quantitative estimate of drug-likeness (QED) is 0.635. The third-order valence-corrected chi connectivity index (χ3v) is 5.12. The van der Waals surface area contributed by atoms with Gasteiger partial charge in [0, 0.05) is 32.8 Å². The lowest BCUT2D eigenvalue weighted by Crippen LogP contribution is -2.47. The van der Waals surface area contributed by atoms with Gasteiger partial charge >= 0.3 is 0 Å². The first kappa shape index (κ1) is 18.2. The van der Waals surface area contributed by atoms with E-state index in [-0.39, 0.29) is 30.2 Å². The number of amides is 1. The fourth-order valence-corrected chi connectivity index (χ4v) is 3.18. The molecule has 132 valence electrons. The van der Waals surface area contributed by atoms with Crippen LogP contribution in [0.4, 0.5) is 11.4 Å². The molecule has 1 amide bonds. The summed E-state index contributed by atoms with van der Waals surface area (Å²) in [5, 5.41) is 20.7. The summed E-state index contributed by atoms with van der Waals surface area (Å²) in [5.41, 5.74) is 0.365. The van der Waals surface area contributed by atoms with Gasteiger partial charge in [-0.1, -0.05) is 19.1 Å². The van der Waals surface area contributed by atoms with E-state index < -0.39 is 4.92 Å². The Bertz CT molecular complexity index is 591. The minimum absolute atomic E-state index is 0.00303. The molecule has 7 nitrogen and oxygen atoms in total. The summed E-state index contributed by atoms with van der Waals surface area (Å²) in [5.74, 6) is -0.0432. The van der Waals surface area contributed by atoms with Gasteiger partial charge in [0.1, 0.15) is 5.69 Å². The number of rotatable bonds is 6. The zero-order chi connectivity index (χ0) is 17.7. The Labute approximate surface area is 142 Å². The molecule has 0 saturated carbocycles. The third-order valence-electron chi connectivity index (χ3n) is 5.12. The average molecular weight is 335 g/mol. The van der Waals surface area contributed by atoms with E-state index in [9.17, 15) is 20.0 Å². The molecule has 0 unspecified atom stereocenters. The zero-order valence-corrected chi connectivity index (χ0v) is 14.3. The molecule has 1 N–H and O–H groups in total. The molecule has 1 saturated heterocycles. The highest BCUT2D eigenvalue weighted by Crippen LogP contribution is 2.34. The van der Waals surface area contributed by atoms with Gasteiger partial charge in [0.15, 0.2) is 0 Å². The minimum atomic E-state index is -0.436. The Morgan fingerprint density at radius 3 is 2.54 bits per heavy atom. The topological polar surface area (TPSA) is 86.9 Å². The predicted molar refractivity (Wildman–Crippen MR) is 92.0 cm³/mol. The van der Waals surface area contributed by atoms with Crippen LogP contribution in [0.3, 0.4) is 0 Å². The van der Waals surface area contributed by atoms with Crippen molar-refractivity contribution in [1.82, 2.24) is 4.90 Å². The molecular weight excluding hydrogens is 310 g/mol. The number of likely N-dealkylation sites (tertiary alicyclic amines) is 1. The van der Waals surface area contributed by atoms with E-state index in [1.165, 1.54) is 6.07 Å². The van der Waals surface area contributed by atoms with Crippen LogP contribution in [-0.4, -0.2) is 54.1 Å². The van der Waals surface area contributed by atoms with Crippen molar-refractivity contribution in [3.05, 3.63) is 34.4 Å². The molecule has 24 heavy (non-hydrogen) atoms. The van der Waals surface area contributed by atoms with E-state index in [1.807, 2.05) is 0 Å². The van der Waals surface area contributed by atoms with E-state index in [2.05, 4.69) is 6.92 Å². The van der Waals surface area contributed by atoms with Gasteiger partial charge in [-0.15, -0.1) is 0 Å². The van der Waals surface area contributed by atoms with E-state index in [4.69, 9.17) is 0 Å². The fourth-order valence-electron chi connectivity index (χ4n) is 3.18. The number of hydrogen-bond acceptors (Lipinski definition) is 5. The number of aliphatic hydroxyl groups is 1. The largest absolute Gasteiger partial charge is 0.396 e. The number of para-hydroxylation sites is 2. The van der Waals surface area contributed by atoms with Crippen LogP contribution in [0.1, 0.15) is 26.2 Å². The van der Waals surface area contributed by atoms with Gasteiger partial charge < -0.3 is 14.9 Å². The van der Waals surface area contributed by atoms with Gasteiger partial charge in [0.05, 0.1) is 11.5 Å². The number of anilines is 1. The van der Waals surface area contributed by atoms with Gasteiger partial charge in [-0.25, -0.2) is 0 Å². The molecule has 0 atom stereocenters. The molecule has 0 spiro atoms. The van der Waals surface area contributed by atoms with Crippen molar-refractivity contribution in [3.63, 3.8) is 0 Å². The first-order chi connectivity index (χ1) is 11.4. The molecular formula is C17H25N3O4. The highest BCUT2D eigenvalue weighted by molar-refractivity contribution is 5.82. The Morgan fingerprint density at radius 2 is 2.00 bits per heavy atom. The number of nitro groups is 1. The summed E-state index contributed by atoms with van der Waals surface area (Å²) in [6.45, 7) is 3.57. The number of aliphatic hydroxyl groups excluding tert-OH is 1. The molecule has 0 radical (unpaired) electrons. The number of piperidine rings is 1. The number of nitrogens with zero attached hydrogens (tertiary/aromatic N) is 3. The summed E-state index contributed by atoms with van der Waals surface area (Å²) >= 11 is 0. The van der Waals surface area contributed by atoms with Crippen LogP contribution in [0, 0.1) is 15.5 Å². The molecule has 0 bridgehead atoms. The molecule has 1 aliphatic heterocycles. The lowest BCUT2D eigenvalue weighted by Gasteiger charge is -2.40. The third kappa shape index (κ3) is 3.84. The first-order valence-corrected chi connectivity index (χ1v) is 8.25. The molecule has 1 aromatic rings. The number of nitro benzene ring substituents is 1. The van der Waals surface area contributed by atoms with Gasteiger partial charge in [-0.3, -0.25) is 14.9 Å². The molecule has 7 heteroatoms. The van der Waals surface area contributed by atoms with Crippen LogP contribution >= 0.6 is 0 Å². The van der Waals surface area contributed by atoms with E-state index in [0.29, 0.717) is 18.8 Å². The van der Waals surface area contributed by atoms with E-state index in [0.717, 1.165) is 19.3 Å². The van der Waals surface area contributed by atoms with Crippen LogP contribution in [-0.2, 0) is 4.79 Å². The monoisotopic (exact) mass is 335 g/mol. The smallest absolute Gasteiger partial charge is 0.292 e. The van der Waals surface area contributed by atoms with Crippen molar-refractivity contribution < 1.29 is 14.8 Å². The predicted octanol–water partition coefficient (Wildman–Crippen LogP) is 2.04. The van der Waals surface area contributed by atoms with Crippen molar-refractivity contribution in [3.8, 4) is 0 Å². The van der Waals surface area contributed by atoms with Crippen LogP contribution in [0.15, 0.2) is 24.3 Å². The highest BCUT2D eigenvalue weighted by Gasteiger charge is 2.34. The second-order valence-electron chi connectivity index (χ2n) is 6.49. The van der Waals surface area contributed by atoms with Gasteiger partial charge in [0.25, 0.3) is 5.69 Å². The maximum atomic E-state index is 12.5. The maximum absolute atomic E-state index is 12.5. The summed E-state index contributed by atoms with van der Waals surface area (Å²) in [6, 6.07) is 6.42. The molecule has 2 rings (SSSR count). The van der Waals surface area contributed by atoms with Crippen molar-refractivity contribution in [2.75, 3.05) is 38.2 Å². The SMILES string of the molecule is CCC1(CO)CCN(C(=O)CN(C)c2ccccc2[N+](=O)[O-])CC1. The summed E-state index contributed by atoms with van der Waals surface area (Å²) in [7, 11) is 1.69. The molecule has 0 aliphatic carbocycles. The van der Waals surface area contributed by atoms with Crippen molar-refractivity contribution in [2.45, 2.75) is 26.2 Å². The molecule has 1 aromatic carbocycles. The lowest BCUT2D eigenvalue weighted by molar-refractivity contribution is -0.384. The van der Waals surface area contributed by atoms with Crippen molar-refractivity contribution >= 4 is 17.3 Å². The lowest BCUT2D eigenvalue weighted by atomic mass is 9.77. The highest BCUT2D eigenvalue weighted by atomic mass is 16.6. The Balaban J connectivity index is 1.99. The van der Waals surface area contributed by atoms with Crippen LogP contribution in [0.25, 0.3) is 0 Å². The molecule has 1 aliphatic rings. The van der Waals surface area contributed by atoms with E-state index in [1.54, 1.807) is 35.0 Å². The second kappa shape index (κ2) is 7.61. The number of carbonyl (C=O) groups is 1. The summed E-state index contributed by atoms with van der Waals surface area (Å²) < 4.78 is 0. The summed E-state index contributed by atoms with van der Waals surface area (Å²) in [6.07, 6.45) is 2.49. The second-order valence-corrected chi connectivity index (χ2v) is 6.49. The van der Waals surface area contributed by atoms with Gasteiger partial charge in [-0.2, -0.15) is 0 Å². The maximum Gasteiger partial charge on any atom is 0.292 e. The van der Waals surface area contributed by atoms with Crippen molar-refractivity contribution in [2.24, 2.45) is 5.41 Å². The number of carbonyl (C=O) groups excluding carboxylic acids is 1. The standard InChI is InChI=1S/C17H25N3O4/c1-3-17(13-21)8-10-19(11-9-17)16(22)12-18(2)14-6-4-5-7-15(14)20(23)24/h4-7,21H,3,8-13H2,1-2H3. The first-order valence-electron chi connectivity index (χ1n) is 8.25. The zero-order valence-electron chi connectivity index (χ0n) is 14.3. The van der Waals surface area contributed by atoms with Crippen LogP contribution in [0.5, 0.6) is 0 Å². The normalized spacial score (nSPS) is 16.7. The molecule has 1 heterocycles. The van der Waals surface area contributed by atoms with Crippen molar-refractivity contribution in [1.29, 1.82) is 0 Å². The van der Waals surface area contributed by atoms with Gasteiger partial charge in [0.2, 0.25) is 5.91 Å². The number of likely N-dealkylation sites (N-methyl/N-ethyl adjacent to an activating group) is 1. The van der Waals surface area contributed by atoms with Crippen LogP contribution < -0.4 is 4.90 Å². The Morgan fingerprint density at radius 1 is 1.38 bits per heavy atom. The number of hydrogen-bond donors (Lipinski definition) is 1. The van der Waals surface area contributed by atoms with Crippen LogP contribution in [0.2, 0.25) is 0 Å². The molecule has 1 fully saturated rings. The summed E-state index contributed by atoms with van der Waals surface area (Å²) in [4.78, 5) is 26.6. The average Bonchev–Trinajstić information content (AvgIpc) is 2.61. The van der Waals surface area contributed by atoms with E-state index >= 15 is 0 Å². The minimum Gasteiger partial charge on any atom is -0.396 e. The fraction of sp³-hybridized carbons (Fsp3) is 0.588. The molecule has 0 aromatic heterocycles. The van der Waals surface area contributed by atoms with Gasteiger partial charge in [-0.05, 0) is 30.7 Å². The Kier molecular flexibility index (Phi) is 5.77. The number of benzene rings is 1. The Hall–Kier alpha value is -2.15.